The molecule has 3 N–H and O–H groups in total. The maximum Gasteiger partial charge on any atom is 0.118 e. The quantitative estimate of drug-likeness (QED) is 0.737. The van der Waals surface area contributed by atoms with Gasteiger partial charge in [0.15, 0.2) is 0 Å². The molecule has 0 aliphatic heterocycles. The van der Waals surface area contributed by atoms with E-state index in [4.69, 9.17) is 0 Å². The van der Waals surface area contributed by atoms with Gasteiger partial charge in [-0.05, 0) is 31.5 Å². The predicted molar refractivity (Wildman–Crippen MR) is 66.8 cm³/mol. The molecule has 0 aliphatic rings. The summed E-state index contributed by atoms with van der Waals surface area (Å²) in [7, 11) is 0. The Kier molecular flexibility index (Phi) is 3.77. The number of rotatable bonds is 5. The molecule has 90 valence electrons. The topological polar surface area (TPSA) is 60.9 Å². The van der Waals surface area contributed by atoms with Crippen molar-refractivity contribution in [2.45, 2.75) is 19.4 Å². The number of benzene rings is 1. The van der Waals surface area contributed by atoms with Gasteiger partial charge in [0.2, 0.25) is 0 Å². The Morgan fingerprint density at radius 1 is 1.41 bits per heavy atom. The van der Waals surface area contributed by atoms with E-state index in [9.17, 15) is 5.11 Å². The first kappa shape index (κ1) is 11.7. The molecular formula is C13H17N3O. The van der Waals surface area contributed by atoms with E-state index in [-0.39, 0.29) is 6.04 Å². The van der Waals surface area contributed by atoms with E-state index >= 15 is 0 Å². The van der Waals surface area contributed by atoms with Crippen molar-refractivity contribution in [3.8, 4) is 5.75 Å². The van der Waals surface area contributed by atoms with Crippen molar-refractivity contribution in [3.63, 3.8) is 0 Å². The number of phenolic OH excluding ortho intramolecular Hbond substituents is 1. The molecule has 0 radical (unpaired) electrons. The summed E-state index contributed by atoms with van der Waals surface area (Å²) in [5, 5.41) is 13.0. The Labute approximate surface area is 101 Å². The van der Waals surface area contributed by atoms with E-state index in [1.165, 1.54) is 0 Å². The van der Waals surface area contributed by atoms with Crippen LogP contribution in [-0.2, 0) is 6.42 Å². The van der Waals surface area contributed by atoms with Gasteiger partial charge in [-0.2, -0.15) is 0 Å². The molecule has 17 heavy (non-hydrogen) atoms. The average Bonchev–Trinajstić information content (AvgIpc) is 2.85. The van der Waals surface area contributed by atoms with E-state index in [1.807, 2.05) is 24.4 Å². The lowest BCUT2D eigenvalue weighted by Gasteiger charge is -2.12. The fourth-order valence-electron chi connectivity index (χ4n) is 1.76. The molecule has 1 aromatic heterocycles. The number of H-pyrrole nitrogens is 1. The van der Waals surface area contributed by atoms with Gasteiger partial charge in [0, 0.05) is 12.2 Å². The van der Waals surface area contributed by atoms with Crippen LogP contribution < -0.4 is 5.32 Å². The third kappa shape index (κ3) is 3.07. The molecule has 1 unspecified atom stereocenters. The molecule has 0 saturated heterocycles. The molecule has 1 heterocycles. The van der Waals surface area contributed by atoms with Crippen LogP contribution in [0.3, 0.4) is 0 Å². The van der Waals surface area contributed by atoms with E-state index < -0.39 is 0 Å². The highest BCUT2D eigenvalue weighted by Gasteiger charge is 2.06. The Bertz CT molecular complexity index is 453. The largest absolute Gasteiger partial charge is 0.508 e. The fourth-order valence-corrected chi connectivity index (χ4v) is 1.76. The maximum atomic E-state index is 9.62. The fraction of sp³-hybridized carbons (Fsp3) is 0.308. The van der Waals surface area contributed by atoms with Gasteiger partial charge in [0.25, 0.3) is 0 Å². The SMILES string of the molecule is CC(NCCc1ccccc1O)c1cnc[nH]1. The summed E-state index contributed by atoms with van der Waals surface area (Å²) in [4.78, 5) is 7.06. The molecule has 0 saturated carbocycles. The average molecular weight is 231 g/mol. The molecule has 0 fully saturated rings. The summed E-state index contributed by atoms with van der Waals surface area (Å²) >= 11 is 0. The number of hydrogen-bond donors (Lipinski definition) is 3. The summed E-state index contributed by atoms with van der Waals surface area (Å²) in [6, 6.07) is 7.67. The molecule has 1 aromatic carbocycles. The van der Waals surface area contributed by atoms with Crippen LogP contribution >= 0.6 is 0 Å². The number of nitrogens with zero attached hydrogens (tertiary/aromatic N) is 1. The first-order valence-electron chi connectivity index (χ1n) is 5.76. The normalized spacial score (nSPS) is 12.5. The third-order valence-electron chi connectivity index (χ3n) is 2.82. The van der Waals surface area contributed by atoms with Crippen LogP contribution in [-0.4, -0.2) is 21.6 Å². The van der Waals surface area contributed by atoms with Crippen LogP contribution in [0.15, 0.2) is 36.8 Å². The number of imidazole rings is 1. The number of hydrogen-bond acceptors (Lipinski definition) is 3. The van der Waals surface area contributed by atoms with Gasteiger partial charge in [-0.1, -0.05) is 18.2 Å². The molecular weight excluding hydrogens is 214 g/mol. The number of para-hydroxylation sites is 1. The van der Waals surface area contributed by atoms with E-state index in [2.05, 4.69) is 22.2 Å². The minimum absolute atomic E-state index is 0.239. The van der Waals surface area contributed by atoms with Crippen molar-refractivity contribution in [3.05, 3.63) is 48.0 Å². The highest BCUT2D eigenvalue weighted by atomic mass is 16.3. The zero-order chi connectivity index (χ0) is 12.1. The van der Waals surface area contributed by atoms with E-state index in [0.29, 0.717) is 5.75 Å². The van der Waals surface area contributed by atoms with Gasteiger partial charge in [-0.25, -0.2) is 4.98 Å². The molecule has 4 nitrogen and oxygen atoms in total. The van der Waals surface area contributed by atoms with E-state index in [1.54, 1.807) is 12.4 Å². The molecule has 0 spiro atoms. The lowest BCUT2D eigenvalue weighted by molar-refractivity contribution is 0.465. The lowest BCUT2D eigenvalue weighted by Crippen LogP contribution is -2.21. The van der Waals surface area contributed by atoms with Gasteiger partial charge in [0.1, 0.15) is 5.75 Å². The van der Waals surface area contributed by atoms with Crippen LogP contribution in [0.1, 0.15) is 24.2 Å². The number of aromatic amines is 1. The highest BCUT2D eigenvalue weighted by Crippen LogP contribution is 2.16. The van der Waals surface area contributed by atoms with Crippen molar-refractivity contribution >= 4 is 0 Å². The summed E-state index contributed by atoms with van der Waals surface area (Å²) in [5.74, 6) is 0.364. The predicted octanol–water partition coefficient (Wildman–Crippen LogP) is 2.01. The van der Waals surface area contributed by atoms with Gasteiger partial charge in [-0.15, -0.1) is 0 Å². The molecule has 0 amide bonds. The zero-order valence-corrected chi connectivity index (χ0v) is 9.85. The van der Waals surface area contributed by atoms with Gasteiger partial charge >= 0.3 is 0 Å². The van der Waals surface area contributed by atoms with Crippen molar-refractivity contribution < 1.29 is 5.11 Å². The molecule has 2 rings (SSSR count). The van der Waals surface area contributed by atoms with Crippen molar-refractivity contribution in [1.82, 2.24) is 15.3 Å². The van der Waals surface area contributed by atoms with Crippen LogP contribution in [0, 0.1) is 0 Å². The molecule has 4 heteroatoms. The van der Waals surface area contributed by atoms with Crippen molar-refractivity contribution in [2.24, 2.45) is 0 Å². The first-order valence-corrected chi connectivity index (χ1v) is 5.76. The van der Waals surface area contributed by atoms with Gasteiger partial charge < -0.3 is 15.4 Å². The minimum Gasteiger partial charge on any atom is -0.508 e. The van der Waals surface area contributed by atoms with Crippen molar-refractivity contribution in [1.29, 1.82) is 0 Å². The number of nitrogens with one attached hydrogen (secondary N) is 2. The van der Waals surface area contributed by atoms with Crippen LogP contribution in [0.25, 0.3) is 0 Å². The Morgan fingerprint density at radius 3 is 2.94 bits per heavy atom. The smallest absolute Gasteiger partial charge is 0.118 e. The summed E-state index contributed by atoms with van der Waals surface area (Å²) in [6.07, 6.45) is 4.30. The second-order valence-corrected chi connectivity index (χ2v) is 4.06. The minimum atomic E-state index is 0.239. The number of aromatic nitrogens is 2. The standard InChI is InChI=1S/C13H17N3O/c1-10(12-8-14-9-16-12)15-7-6-11-4-2-3-5-13(11)17/h2-5,8-10,15,17H,6-7H2,1H3,(H,14,16). The zero-order valence-electron chi connectivity index (χ0n) is 9.85. The molecule has 2 aromatic rings. The summed E-state index contributed by atoms with van der Waals surface area (Å²) < 4.78 is 0. The molecule has 0 aliphatic carbocycles. The highest BCUT2D eigenvalue weighted by molar-refractivity contribution is 5.31. The Morgan fingerprint density at radius 2 is 2.24 bits per heavy atom. The maximum absolute atomic E-state index is 9.62. The summed E-state index contributed by atoms with van der Waals surface area (Å²) in [6.45, 7) is 2.90. The van der Waals surface area contributed by atoms with Gasteiger partial charge in [0.05, 0.1) is 12.0 Å². The second kappa shape index (κ2) is 5.50. The van der Waals surface area contributed by atoms with Crippen LogP contribution in [0.4, 0.5) is 0 Å². The Hall–Kier alpha value is -1.81. The van der Waals surface area contributed by atoms with Crippen LogP contribution in [0.2, 0.25) is 0 Å². The van der Waals surface area contributed by atoms with E-state index in [0.717, 1.165) is 24.2 Å². The lowest BCUT2D eigenvalue weighted by atomic mass is 10.1. The van der Waals surface area contributed by atoms with Crippen molar-refractivity contribution in [2.75, 3.05) is 6.54 Å². The third-order valence-corrected chi connectivity index (χ3v) is 2.82. The van der Waals surface area contributed by atoms with Gasteiger partial charge in [-0.3, -0.25) is 0 Å². The molecule has 1 atom stereocenters. The molecule has 0 bridgehead atoms. The number of phenols is 1. The monoisotopic (exact) mass is 231 g/mol. The van der Waals surface area contributed by atoms with Crippen LogP contribution in [0.5, 0.6) is 5.75 Å². The Balaban J connectivity index is 1.82. The first-order chi connectivity index (χ1) is 8.27. The summed E-state index contributed by atoms with van der Waals surface area (Å²) in [5.41, 5.74) is 2.04. The second-order valence-electron chi connectivity index (χ2n) is 4.06. The number of aromatic hydroxyl groups is 1.